The SMILES string of the molecule is CCOC(=O)c1cnc2ccc(C#Cc3cccc(CO)n3)cn12. The van der Waals surface area contributed by atoms with E-state index in [0.29, 0.717) is 34.9 Å². The van der Waals surface area contributed by atoms with Crippen LogP contribution in [0.2, 0.25) is 0 Å². The highest BCUT2D eigenvalue weighted by molar-refractivity contribution is 5.88. The Morgan fingerprint density at radius 2 is 2.17 bits per heavy atom. The summed E-state index contributed by atoms with van der Waals surface area (Å²) in [6.07, 6.45) is 3.22. The van der Waals surface area contributed by atoms with Gasteiger partial charge in [-0.3, -0.25) is 4.40 Å². The fourth-order valence-corrected chi connectivity index (χ4v) is 2.18. The zero-order valence-corrected chi connectivity index (χ0v) is 13.1. The molecule has 0 aliphatic carbocycles. The highest BCUT2D eigenvalue weighted by Crippen LogP contribution is 2.10. The van der Waals surface area contributed by atoms with Crippen molar-refractivity contribution in [3.05, 3.63) is 65.4 Å². The molecular formula is C18H15N3O3. The van der Waals surface area contributed by atoms with Gasteiger partial charge in [-0.1, -0.05) is 12.0 Å². The van der Waals surface area contributed by atoms with E-state index in [4.69, 9.17) is 9.84 Å². The number of hydrogen-bond acceptors (Lipinski definition) is 5. The molecule has 3 aromatic heterocycles. The number of nitrogens with zero attached hydrogens (tertiary/aromatic N) is 3. The van der Waals surface area contributed by atoms with Crippen LogP contribution in [0.25, 0.3) is 5.65 Å². The molecule has 0 fully saturated rings. The molecule has 0 aliphatic rings. The molecule has 1 N–H and O–H groups in total. The number of rotatable bonds is 3. The quantitative estimate of drug-likeness (QED) is 0.588. The van der Waals surface area contributed by atoms with E-state index in [1.54, 1.807) is 41.8 Å². The van der Waals surface area contributed by atoms with Crippen LogP contribution in [0.4, 0.5) is 0 Å². The Hall–Kier alpha value is -3.17. The predicted octanol–water partition coefficient (Wildman–Crippen LogP) is 1.80. The summed E-state index contributed by atoms with van der Waals surface area (Å²) in [5.74, 6) is 5.52. The number of carbonyl (C=O) groups is 1. The lowest BCUT2D eigenvalue weighted by Crippen LogP contribution is -2.07. The molecule has 0 spiro atoms. The molecule has 24 heavy (non-hydrogen) atoms. The Morgan fingerprint density at radius 3 is 2.96 bits per heavy atom. The monoisotopic (exact) mass is 321 g/mol. The van der Waals surface area contributed by atoms with Crippen LogP contribution >= 0.6 is 0 Å². The number of pyridine rings is 2. The first kappa shape index (κ1) is 15.7. The summed E-state index contributed by atoms with van der Waals surface area (Å²) in [6, 6.07) is 8.89. The summed E-state index contributed by atoms with van der Waals surface area (Å²) >= 11 is 0. The van der Waals surface area contributed by atoms with Crippen molar-refractivity contribution in [2.75, 3.05) is 6.61 Å². The fourth-order valence-electron chi connectivity index (χ4n) is 2.18. The maximum Gasteiger partial charge on any atom is 0.356 e. The summed E-state index contributed by atoms with van der Waals surface area (Å²) in [6.45, 7) is 1.93. The van der Waals surface area contributed by atoms with Crippen molar-refractivity contribution >= 4 is 11.6 Å². The van der Waals surface area contributed by atoms with E-state index in [9.17, 15) is 4.79 Å². The number of esters is 1. The van der Waals surface area contributed by atoms with Crippen molar-refractivity contribution in [1.29, 1.82) is 0 Å². The van der Waals surface area contributed by atoms with E-state index >= 15 is 0 Å². The molecule has 0 atom stereocenters. The van der Waals surface area contributed by atoms with E-state index < -0.39 is 5.97 Å². The lowest BCUT2D eigenvalue weighted by atomic mass is 10.2. The number of aromatic nitrogens is 3. The Labute approximate surface area is 138 Å². The average Bonchev–Trinajstić information content (AvgIpc) is 3.03. The van der Waals surface area contributed by atoms with Gasteiger partial charge >= 0.3 is 5.97 Å². The number of hydrogen-bond donors (Lipinski definition) is 1. The zero-order chi connectivity index (χ0) is 16.9. The molecule has 0 saturated heterocycles. The topological polar surface area (TPSA) is 76.7 Å². The van der Waals surface area contributed by atoms with Gasteiger partial charge in [0.05, 0.1) is 25.1 Å². The second kappa shape index (κ2) is 6.94. The van der Waals surface area contributed by atoms with Crippen LogP contribution in [0.3, 0.4) is 0 Å². The van der Waals surface area contributed by atoms with Crippen LogP contribution in [-0.2, 0) is 11.3 Å². The maximum absolute atomic E-state index is 11.9. The van der Waals surface area contributed by atoms with Gasteiger partial charge in [-0.05, 0) is 37.1 Å². The molecule has 0 radical (unpaired) electrons. The van der Waals surface area contributed by atoms with Gasteiger partial charge in [0.15, 0.2) is 5.69 Å². The number of aliphatic hydroxyl groups excluding tert-OH is 1. The van der Waals surface area contributed by atoms with E-state index in [2.05, 4.69) is 21.8 Å². The van der Waals surface area contributed by atoms with Crippen molar-refractivity contribution in [2.24, 2.45) is 0 Å². The average molecular weight is 321 g/mol. The van der Waals surface area contributed by atoms with Gasteiger partial charge in [0.2, 0.25) is 0 Å². The molecule has 0 aromatic carbocycles. The number of aliphatic hydroxyl groups is 1. The lowest BCUT2D eigenvalue weighted by molar-refractivity contribution is 0.0518. The number of ether oxygens (including phenoxy) is 1. The van der Waals surface area contributed by atoms with Gasteiger partial charge < -0.3 is 9.84 Å². The van der Waals surface area contributed by atoms with Crippen LogP contribution in [0.5, 0.6) is 0 Å². The second-order valence-corrected chi connectivity index (χ2v) is 4.93. The first-order valence-electron chi connectivity index (χ1n) is 7.44. The van der Waals surface area contributed by atoms with Crippen molar-refractivity contribution in [1.82, 2.24) is 14.4 Å². The first-order valence-corrected chi connectivity index (χ1v) is 7.44. The second-order valence-electron chi connectivity index (χ2n) is 4.93. The van der Waals surface area contributed by atoms with Crippen LogP contribution in [0, 0.1) is 11.8 Å². The van der Waals surface area contributed by atoms with Crippen molar-refractivity contribution < 1.29 is 14.6 Å². The standard InChI is InChI=1S/C18H15N3O3/c1-2-24-18(23)16-10-19-17-9-7-13(11-21(16)17)6-8-14-4-3-5-15(12-22)20-14/h3-5,7,9-11,22H,2,12H2,1H3. The number of carbonyl (C=O) groups excluding carboxylic acids is 1. The Kier molecular flexibility index (Phi) is 4.54. The molecule has 3 aromatic rings. The Morgan fingerprint density at radius 1 is 1.29 bits per heavy atom. The first-order chi connectivity index (χ1) is 11.7. The van der Waals surface area contributed by atoms with Crippen LogP contribution < -0.4 is 0 Å². The number of fused-ring (bicyclic) bond motifs is 1. The largest absolute Gasteiger partial charge is 0.461 e. The molecule has 3 heterocycles. The van der Waals surface area contributed by atoms with Crippen molar-refractivity contribution in [3.63, 3.8) is 0 Å². The Balaban J connectivity index is 1.95. The lowest BCUT2D eigenvalue weighted by Gasteiger charge is -2.02. The summed E-state index contributed by atoms with van der Waals surface area (Å²) in [5, 5.41) is 9.10. The summed E-state index contributed by atoms with van der Waals surface area (Å²) in [5.41, 5.74) is 2.84. The highest BCUT2D eigenvalue weighted by Gasteiger charge is 2.12. The van der Waals surface area contributed by atoms with Gasteiger partial charge in [0, 0.05) is 11.8 Å². The summed E-state index contributed by atoms with van der Waals surface area (Å²) < 4.78 is 6.67. The summed E-state index contributed by atoms with van der Waals surface area (Å²) in [4.78, 5) is 20.3. The fraction of sp³-hybridized carbons (Fsp3) is 0.167. The van der Waals surface area contributed by atoms with Crippen molar-refractivity contribution in [2.45, 2.75) is 13.5 Å². The molecule has 0 unspecified atom stereocenters. The van der Waals surface area contributed by atoms with E-state index in [0.717, 1.165) is 0 Å². The van der Waals surface area contributed by atoms with Gasteiger partial charge in [-0.25, -0.2) is 14.8 Å². The minimum atomic E-state index is -0.424. The summed E-state index contributed by atoms with van der Waals surface area (Å²) in [7, 11) is 0. The molecule has 6 heteroatoms. The third-order valence-corrected chi connectivity index (χ3v) is 3.29. The molecule has 0 bridgehead atoms. The third-order valence-electron chi connectivity index (χ3n) is 3.29. The van der Waals surface area contributed by atoms with Gasteiger partial charge in [-0.15, -0.1) is 0 Å². The third kappa shape index (κ3) is 3.26. The smallest absolute Gasteiger partial charge is 0.356 e. The highest BCUT2D eigenvalue weighted by atomic mass is 16.5. The molecule has 0 amide bonds. The molecule has 0 saturated carbocycles. The minimum Gasteiger partial charge on any atom is -0.461 e. The minimum absolute atomic E-state index is 0.126. The predicted molar refractivity (Wildman–Crippen MR) is 87.3 cm³/mol. The van der Waals surface area contributed by atoms with Crippen molar-refractivity contribution in [3.8, 4) is 11.8 Å². The van der Waals surface area contributed by atoms with Gasteiger partial charge in [0.25, 0.3) is 0 Å². The van der Waals surface area contributed by atoms with Crippen LogP contribution in [-0.4, -0.2) is 32.1 Å². The van der Waals surface area contributed by atoms with Gasteiger partial charge in [-0.2, -0.15) is 0 Å². The molecule has 0 aliphatic heterocycles. The molecule has 3 rings (SSSR count). The van der Waals surface area contributed by atoms with E-state index in [1.807, 2.05) is 6.07 Å². The molecule has 6 nitrogen and oxygen atoms in total. The molecule has 120 valence electrons. The van der Waals surface area contributed by atoms with Crippen LogP contribution in [0.15, 0.2) is 42.7 Å². The zero-order valence-electron chi connectivity index (χ0n) is 13.1. The number of imidazole rings is 1. The van der Waals surface area contributed by atoms with Crippen LogP contribution in [0.1, 0.15) is 34.4 Å². The van der Waals surface area contributed by atoms with E-state index in [1.165, 1.54) is 6.20 Å². The van der Waals surface area contributed by atoms with E-state index in [-0.39, 0.29) is 6.61 Å². The Bertz CT molecular complexity index is 951. The maximum atomic E-state index is 11.9. The molecular weight excluding hydrogens is 306 g/mol. The van der Waals surface area contributed by atoms with Gasteiger partial charge in [0.1, 0.15) is 11.3 Å². The normalized spacial score (nSPS) is 10.2.